The maximum absolute atomic E-state index is 12.8. The van der Waals surface area contributed by atoms with E-state index in [1.54, 1.807) is 29.8 Å². The molecule has 0 saturated carbocycles. The van der Waals surface area contributed by atoms with Gasteiger partial charge in [0, 0.05) is 13.6 Å². The van der Waals surface area contributed by atoms with E-state index < -0.39 is 11.2 Å². The molecule has 0 radical (unpaired) electrons. The predicted molar refractivity (Wildman–Crippen MR) is 108 cm³/mol. The van der Waals surface area contributed by atoms with Gasteiger partial charge in [0.25, 0.3) is 5.56 Å². The second-order valence-electron chi connectivity index (χ2n) is 6.11. The maximum atomic E-state index is 12.8. The number of alkyl halides is 1. The average Bonchev–Trinajstić information content (AvgIpc) is 2.65. The number of rotatable bonds is 6. The van der Waals surface area contributed by atoms with Gasteiger partial charge in [-0.25, -0.2) is 9.78 Å². The minimum atomic E-state index is -0.551. The largest absolute Gasteiger partial charge is 0.352 e. The first kappa shape index (κ1) is 18.5. The van der Waals surface area contributed by atoms with Crippen LogP contribution in [0.3, 0.4) is 0 Å². The second kappa shape index (κ2) is 7.95. The molecule has 3 rings (SSSR count). The summed E-state index contributed by atoms with van der Waals surface area (Å²) in [6.07, 6.45) is 3.97. The van der Waals surface area contributed by atoms with Gasteiger partial charge in [0.05, 0.1) is 22.7 Å². The molecular weight excluding hydrogens is 445 g/mol. The molecule has 0 unspecified atom stereocenters. The lowest BCUT2D eigenvalue weighted by molar-refractivity contribution is 0.549. The zero-order valence-electron chi connectivity index (χ0n) is 14.4. The summed E-state index contributed by atoms with van der Waals surface area (Å²) in [6, 6.07) is 7.10. The first-order valence-electron chi connectivity index (χ1n) is 8.44. The van der Waals surface area contributed by atoms with Crippen molar-refractivity contribution in [3.05, 3.63) is 44.6 Å². The van der Waals surface area contributed by atoms with Crippen molar-refractivity contribution in [2.24, 2.45) is 7.05 Å². The summed E-state index contributed by atoms with van der Waals surface area (Å²) < 4.78 is 3.93. The van der Waals surface area contributed by atoms with E-state index in [-0.39, 0.29) is 11.5 Å². The van der Waals surface area contributed by atoms with Gasteiger partial charge in [-0.1, -0.05) is 35.4 Å². The molecule has 0 N–H and O–H groups in total. The number of fused-ring (bicyclic) bond motifs is 2. The Bertz CT molecular complexity index is 1080. The summed E-state index contributed by atoms with van der Waals surface area (Å²) in [5, 5.41) is 9.06. The Labute approximate surface area is 163 Å². The van der Waals surface area contributed by atoms with Gasteiger partial charge in [-0.2, -0.15) is 10.2 Å². The third-order valence-corrected chi connectivity index (χ3v) is 5.14. The molecule has 0 fully saturated rings. The number of unbranched alkanes of at least 4 members (excludes halogenated alkanes) is 3. The lowest BCUT2D eigenvalue weighted by Crippen LogP contribution is -2.38. The molecule has 2 aliphatic rings. The molecular formula is C18H18IN5O2. The number of benzene rings is 1. The van der Waals surface area contributed by atoms with Gasteiger partial charge >= 0.3 is 5.69 Å². The Kier molecular flexibility index (Phi) is 5.66. The van der Waals surface area contributed by atoms with E-state index >= 15 is 0 Å². The van der Waals surface area contributed by atoms with Crippen molar-refractivity contribution >= 4 is 33.6 Å². The SMILES string of the molecule is Cn1c2nc(=O)n(CCCCCCI)c(=O)c-2nc2ccc(C#N)cc21. The summed E-state index contributed by atoms with van der Waals surface area (Å²) in [4.78, 5) is 33.6. The van der Waals surface area contributed by atoms with E-state index in [9.17, 15) is 9.59 Å². The Morgan fingerprint density at radius 3 is 2.65 bits per heavy atom. The predicted octanol–water partition coefficient (Wildman–Crippen LogP) is 2.46. The van der Waals surface area contributed by atoms with Crippen LogP contribution in [0.15, 0.2) is 27.8 Å². The molecule has 0 aromatic heterocycles. The van der Waals surface area contributed by atoms with Crippen molar-refractivity contribution in [1.82, 2.24) is 19.1 Å². The minimum Gasteiger partial charge on any atom is -0.325 e. The molecule has 134 valence electrons. The summed E-state index contributed by atoms with van der Waals surface area (Å²) in [7, 11) is 1.72. The molecule has 1 aromatic rings. The highest BCUT2D eigenvalue weighted by Crippen LogP contribution is 2.20. The fourth-order valence-electron chi connectivity index (χ4n) is 2.95. The highest BCUT2D eigenvalue weighted by Gasteiger charge is 2.20. The number of hydrogen-bond donors (Lipinski definition) is 0. The number of nitrogens with zero attached hydrogens (tertiary/aromatic N) is 5. The Morgan fingerprint density at radius 1 is 1.15 bits per heavy atom. The highest BCUT2D eigenvalue weighted by molar-refractivity contribution is 14.1. The molecule has 2 aliphatic heterocycles. The number of hydrogen-bond acceptors (Lipinski definition) is 5. The second-order valence-corrected chi connectivity index (χ2v) is 7.19. The van der Waals surface area contributed by atoms with Crippen LogP contribution in [0.1, 0.15) is 31.2 Å². The van der Waals surface area contributed by atoms with E-state index in [1.165, 1.54) is 4.57 Å². The van der Waals surface area contributed by atoms with Crippen molar-refractivity contribution in [2.75, 3.05) is 4.43 Å². The summed E-state index contributed by atoms with van der Waals surface area (Å²) in [6.45, 7) is 0.360. The quantitative estimate of drug-likeness (QED) is 0.242. The molecule has 2 heterocycles. The molecule has 0 bridgehead atoms. The zero-order chi connectivity index (χ0) is 18.7. The first-order valence-corrected chi connectivity index (χ1v) is 9.97. The topological polar surface area (TPSA) is 93.6 Å². The summed E-state index contributed by atoms with van der Waals surface area (Å²) in [5.74, 6) is 0.240. The smallest absolute Gasteiger partial charge is 0.325 e. The fourth-order valence-corrected chi connectivity index (χ4v) is 3.49. The Hall–Kier alpha value is -2.28. The fraction of sp³-hybridized carbons (Fsp3) is 0.389. The number of aromatic nitrogens is 4. The van der Waals surface area contributed by atoms with E-state index in [0.29, 0.717) is 23.1 Å². The van der Waals surface area contributed by atoms with Gasteiger partial charge in [0.2, 0.25) is 0 Å². The van der Waals surface area contributed by atoms with E-state index in [4.69, 9.17) is 5.26 Å². The normalized spacial score (nSPS) is 11.1. The van der Waals surface area contributed by atoms with Gasteiger partial charge in [-0.05, 0) is 35.5 Å². The lowest BCUT2D eigenvalue weighted by Gasteiger charge is -2.14. The standard InChI is InChI=1S/C18H18IN5O2/c1-23-14-10-12(11-20)6-7-13(14)21-15-16(23)22-18(26)24(17(15)25)9-5-3-2-4-8-19/h6-7,10H,2-5,8-9H2,1H3. The molecule has 0 amide bonds. The third kappa shape index (κ3) is 3.49. The van der Waals surface area contributed by atoms with Crippen molar-refractivity contribution < 1.29 is 0 Å². The molecule has 0 spiro atoms. The Balaban J connectivity index is 2.07. The van der Waals surface area contributed by atoms with Crippen LogP contribution < -0.4 is 11.2 Å². The molecule has 1 aromatic carbocycles. The van der Waals surface area contributed by atoms with Crippen LogP contribution in [0.25, 0.3) is 22.6 Å². The average molecular weight is 463 g/mol. The van der Waals surface area contributed by atoms with Gasteiger partial charge in [0.1, 0.15) is 0 Å². The molecule has 0 aliphatic carbocycles. The van der Waals surface area contributed by atoms with Crippen molar-refractivity contribution in [3.63, 3.8) is 0 Å². The number of aryl methyl sites for hydroxylation is 1. The van der Waals surface area contributed by atoms with Gasteiger partial charge < -0.3 is 4.57 Å². The van der Waals surface area contributed by atoms with Crippen molar-refractivity contribution in [1.29, 1.82) is 5.26 Å². The maximum Gasteiger partial charge on any atom is 0.352 e. The van der Waals surface area contributed by atoms with E-state index in [1.807, 2.05) is 0 Å². The minimum absolute atomic E-state index is 0.177. The molecule has 7 nitrogen and oxygen atoms in total. The molecule has 0 saturated heterocycles. The molecule has 0 atom stereocenters. The van der Waals surface area contributed by atoms with E-state index in [2.05, 4.69) is 38.6 Å². The van der Waals surface area contributed by atoms with Crippen LogP contribution in [0, 0.1) is 11.3 Å². The van der Waals surface area contributed by atoms with Crippen LogP contribution in [0.2, 0.25) is 0 Å². The third-order valence-electron chi connectivity index (χ3n) is 4.37. The van der Waals surface area contributed by atoms with Gasteiger partial charge in [-0.3, -0.25) is 9.36 Å². The van der Waals surface area contributed by atoms with Crippen LogP contribution in [0.5, 0.6) is 0 Å². The Morgan fingerprint density at radius 2 is 1.92 bits per heavy atom. The number of halogens is 1. The van der Waals surface area contributed by atoms with E-state index in [0.717, 1.165) is 30.1 Å². The van der Waals surface area contributed by atoms with Crippen LogP contribution in [0.4, 0.5) is 0 Å². The summed E-state index contributed by atoms with van der Waals surface area (Å²) in [5.41, 5.74) is 0.942. The first-order chi connectivity index (χ1) is 12.6. The number of nitriles is 1. The zero-order valence-corrected chi connectivity index (χ0v) is 16.6. The van der Waals surface area contributed by atoms with Crippen molar-refractivity contribution in [3.8, 4) is 17.6 Å². The molecule has 26 heavy (non-hydrogen) atoms. The highest BCUT2D eigenvalue weighted by atomic mass is 127. The van der Waals surface area contributed by atoms with Crippen LogP contribution in [-0.2, 0) is 13.6 Å². The van der Waals surface area contributed by atoms with Crippen LogP contribution in [-0.4, -0.2) is 23.5 Å². The monoisotopic (exact) mass is 463 g/mol. The summed E-state index contributed by atoms with van der Waals surface area (Å²) >= 11 is 2.34. The van der Waals surface area contributed by atoms with Gasteiger partial charge in [-0.15, -0.1) is 0 Å². The van der Waals surface area contributed by atoms with Crippen LogP contribution >= 0.6 is 22.6 Å². The van der Waals surface area contributed by atoms with Gasteiger partial charge in [0.15, 0.2) is 11.5 Å². The lowest BCUT2D eigenvalue weighted by atomic mass is 10.2. The molecule has 8 heteroatoms. The van der Waals surface area contributed by atoms with Crippen molar-refractivity contribution in [2.45, 2.75) is 32.2 Å².